The maximum atomic E-state index is 12.5. The molecule has 2 aromatic carbocycles. The van der Waals surface area contributed by atoms with Crippen molar-refractivity contribution in [2.45, 2.75) is 20.3 Å². The third-order valence-electron chi connectivity index (χ3n) is 3.92. The largest absolute Gasteiger partial charge is 0.382 e. The Bertz CT molecular complexity index is 785. The molecule has 5 nitrogen and oxygen atoms in total. The maximum absolute atomic E-state index is 12.5. The van der Waals surface area contributed by atoms with E-state index < -0.39 is 0 Å². The minimum Gasteiger partial charge on any atom is -0.382 e. The van der Waals surface area contributed by atoms with E-state index in [4.69, 9.17) is 4.74 Å². The fraction of sp³-hybridized carbons (Fsp3) is 0.273. The highest BCUT2D eigenvalue weighted by Crippen LogP contribution is 2.17. The summed E-state index contributed by atoms with van der Waals surface area (Å²) in [7, 11) is 0. The molecule has 0 aliphatic heterocycles. The number of hydrogen-bond donors (Lipinski definition) is 2. The third-order valence-corrected chi connectivity index (χ3v) is 3.92. The summed E-state index contributed by atoms with van der Waals surface area (Å²) in [5, 5.41) is 5.69. The molecular formula is C22H26N2O3. The number of carbonyl (C=O) groups excluding carboxylic acids is 2. The fourth-order valence-corrected chi connectivity index (χ4v) is 2.49. The zero-order valence-corrected chi connectivity index (χ0v) is 15.8. The molecule has 142 valence electrons. The predicted octanol–water partition coefficient (Wildman–Crippen LogP) is 3.89. The van der Waals surface area contributed by atoms with Gasteiger partial charge in [0, 0.05) is 25.3 Å². The molecule has 27 heavy (non-hydrogen) atoms. The second-order valence-corrected chi connectivity index (χ2v) is 6.04. The minimum absolute atomic E-state index is 0.216. The molecule has 0 unspecified atom stereocenters. The van der Waals surface area contributed by atoms with E-state index in [2.05, 4.69) is 10.6 Å². The molecule has 0 saturated carbocycles. The molecule has 0 heterocycles. The van der Waals surface area contributed by atoms with Crippen LogP contribution in [0.15, 0.2) is 60.2 Å². The van der Waals surface area contributed by atoms with E-state index in [1.54, 1.807) is 31.2 Å². The van der Waals surface area contributed by atoms with Gasteiger partial charge in [-0.2, -0.15) is 0 Å². The van der Waals surface area contributed by atoms with Gasteiger partial charge >= 0.3 is 0 Å². The van der Waals surface area contributed by atoms with E-state index >= 15 is 0 Å². The van der Waals surface area contributed by atoms with Crippen molar-refractivity contribution < 1.29 is 14.3 Å². The molecule has 2 N–H and O–H groups in total. The number of nitrogens with one attached hydrogen (secondary N) is 2. The van der Waals surface area contributed by atoms with Crippen molar-refractivity contribution in [2.75, 3.05) is 25.1 Å². The summed E-state index contributed by atoms with van der Waals surface area (Å²) >= 11 is 0. The Morgan fingerprint density at radius 2 is 1.74 bits per heavy atom. The lowest BCUT2D eigenvalue weighted by atomic mass is 10.1. The van der Waals surface area contributed by atoms with Crippen LogP contribution in [0.4, 0.5) is 5.69 Å². The first-order valence-corrected chi connectivity index (χ1v) is 9.11. The fourth-order valence-electron chi connectivity index (χ4n) is 2.49. The monoisotopic (exact) mass is 366 g/mol. The second-order valence-electron chi connectivity index (χ2n) is 6.04. The molecule has 0 spiro atoms. The Morgan fingerprint density at radius 3 is 2.48 bits per heavy atom. The van der Waals surface area contributed by atoms with Crippen LogP contribution in [0.3, 0.4) is 0 Å². The molecule has 0 fully saturated rings. The number of anilines is 1. The Labute approximate surface area is 160 Å². The van der Waals surface area contributed by atoms with Gasteiger partial charge in [0.15, 0.2) is 0 Å². The van der Waals surface area contributed by atoms with Crippen molar-refractivity contribution in [3.05, 3.63) is 71.3 Å². The number of carbonyl (C=O) groups is 2. The minimum atomic E-state index is -0.240. The van der Waals surface area contributed by atoms with Gasteiger partial charge in [-0.1, -0.05) is 42.5 Å². The summed E-state index contributed by atoms with van der Waals surface area (Å²) in [6.45, 7) is 5.48. The number of rotatable bonds is 9. The summed E-state index contributed by atoms with van der Waals surface area (Å²) in [4.78, 5) is 24.9. The lowest BCUT2D eigenvalue weighted by Gasteiger charge is -2.12. The van der Waals surface area contributed by atoms with E-state index in [1.807, 2.05) is 43.3 Å². The van der Waals surface area contributed by atoms with E-state index in [-0.39, 0.29) is 11.8 Å². The van der Waals surface area contributed by atoms with Crippen LogP contribution in [0.2, 0.25) is 0 Å². The van der Waals surface area contributed by atoms with Crippen LogP contribution in [-0.2, 0) is 9.53 Å². The van der Waals surface area contributed by atoms with Crippen molar-refractivity contribution in [1.29, 1.82) is 0 Å². The Balaban J connectivity index is 2.01. The molecule has 0 saturated heterocycles. The van der Waals surface area contributed by atoms with Crippen LogP contribution in [-0.4, -0.2) is 31.6 Å². The van der Waals surface area contributed by atoms with Crippen molar-refractivity contribution in [3.63, 3.8) is 0 Å². The number of benzene rings is 2. The standard InChI is InChI=1S/C22H26N2O3/c1-3-27-15-9-14-23-22(26)19-12-7-8-13-20(19)24-21(25)17(2)16-18-10-5-4-6-11-18/h4-8,10-13,16H,3,9,14-15H2,1-2H3,(H,23,26)(H,24,25)/b17-16+. The zero-order chi connectivity index (χ0) is 19.5. The summed E-state index contributed by atoms with van der Waals surface area (Å²) in [6.07, 6.45) is 2.55. The van der Waals surface area contributed by atoms with Gasteiger partial charge < -0.3 is 15.4 Å². The first kappa shape index (κ1) is 20.4. The zero-order valence-electron chi connectivity index (χ0n) is 15.8. The number of amides is 2. The average Bonchev–Trinajstić information content (AvgIpc) is 2.68. The van der Waals surface area contributed by atoms with Crippen molar-refractivity contribution in [2.24, 2.45) is 0 Å². The predicted molar refractivity (Wildman–Crippen MR) is 109 cm³/mol. The van der Waals surface area contributed by atoms with Crippen LogP contribution < -0.4 is 10.6 Å². The summed E-state index contributed by atoms with van der Waals surface area (Å²) in [5.41, 5.74) is 2.44. The number of ether oxygens (including phenoxy) is 1. The quantitative estimate of drug-likeness (QED) is 0.523. The van der Waals surface area contributed by atoms with Crippen molar-refractivity contribution >= 4 is 23.6 Å². The van der Waals surface area contributed by atoms with Crippen molar-refractivity contribution in [1.82, 2.24) is 5.32 Å². The van der Waals surface area contributed by atoms with Gasteiger partial charge in [0.1, 0.15) is 0 Å². The molecule has 5 heteroatoms. The highest BCUT2D eigenvalue weighted by atomic mass is 16.5. The average molecular weight is 366 g/mol. The maximum Gasteiger partial charge on any atom is 0.253 e. The first-order chi connectivity index (χ1) is 13.1. The number of hydrogen-bond acceptors (Lipinski definition) is 3. The van der Waals surface area contributed by atoms with Crippen molar-refractivity contribution in [3.8, 4) is 0 Å². The molecule has 0 aliphatic carbocycles. The van der Waals surface area contributed by atoms with E-state index in [9.17, 15) is 9.59 Å². The summed E-state index contributed by atoms with van der Waals surface area (Å²) in [5.74, 6) is -0.456. The van der Waals surface area contributed by atoms with Gasteiger partial charge in [-0.3, -0.25) is 9.59 Å². The van der Waals surface area contributed by atoms with Gasteiger partial charge in [0.2, 0.25) is 0 Å². The Morgan fingerprint density at radius 1 is 1.04 bits per heavy atom. The molecule has 0 aliphatic rings. The molecular weight excluding hydrogens is 340 g/mol. The van der Waals surface area contributed by atoms with Gasteiger partial charge in [-0.25, -0.2) is 0 Å². The first-order valence-electron chi connectivity index (χ1n) is 9.11. The number of para-hydroxylation sites is 1. The molecule has 0 aromatic heterocycles. The molecule has 2 rings (SSSR count). The van der Waals surface area contributed by atoms with Crippen LogP contribution in [0.5, 0.6) is 0 Å². The molecule has 0 bridgehead atoms. The Hall–Kier alpha value is -2.92. The van der Waals surface area contributed by atoms with Gasteiger partial charge in [0.05, 0.1) is 11.3 Å². The lowest BCUT2D eigenvalue weighted by Crippen LogP contribution is -2.27. The van der Waals surface area contributed by atoms with Crippen LogP contribution >= 0.6 is 0 Å². The second kappa shape index (κ2) is 10.9. The summed E-state index contributed by atoms with van der Waals surface area (Å²) in [6, 6.07) is 16.6. The molecule has 0 atom stereocenters. The SMILES string of the molecule is CCOCCCNC(=O)c1ccccc1NC(=O)/C(C)=C/c1ccccc1. The lowest BCUT2D eigenvalue weighted by molar-refractivity contribution is -0.112. The Kier molecular flexibility index (Phi) is 8.26. The topological polar surface area (TPSA) is 67.4 Å². The van der Waals surface area contributed by atoms with Crippen LogP contribution in [0, 0.1) is 0 Å². The molecule has 0 radical (unpaired) electrons. The van der Waals surface area contributed by atoms with Crippen LogP contribution in [0.1, 0.15) is 36.2 Å². The van der Waals surface area contributed by atoms with E-state index in [0.29, 0.717) is 36.6 Å². The van der Waals surface area contributed by atoms with E-state index in [0.717, 1.165) is 12.0 Å². The smallest absolute Gasteiger partial charge is 0.253 e. The highest BCUT2D eigenvalue weighted by molar-refractivity contribution is 6.10. The molecule has 2 amide bonds. The normalized spacial score (nSPS) is 11.1. The van der Waals surface area contributed by atoms with Gasteiger partial charge in [0.25, 0.3) is 11.8 Å². The summed E-state index contributed by atoms with van der Waals surface area (Å²) < 4.78 is 5.26. The van der Waals surface area contributed by atoms with Gasteiger partial charge in [-0.15, -0.1) is 0 Å². The third kappa shape index (κ3) is 6.72. The van der Waals surface area contributed by atoms with Gasteiger partial charge in [-0.05, 0) is 44.0 Å². The van der Waals surface area contributed by atoms with E-state index in [1.165, 1.54) is 0 Å². The van der Waals surface area contributed by atoms with Crippen LogP contribution in [0.25, 0.3) is 6.08 Å². The molecule has 2 aromatic rings. The highest BCUT2D eigenvalue weighted by Gasteiger charge is 2.13.